The second-order valence-electron chi connectivity index (χ2n) is 3.28. The minimum atomic E-state index is -0.232. The van der Waals surface area contributed by atoms with Gasteiger partial charge in [0.2, 0.25) is 0 Å². The van der Waals surface area contributed by atoms with Crippen LogP contribution < -0.4 is 10.5 Å². The molecule has 1 aromatic rings. The Hall–Kier alpha value is -1.84. The van der Waals surface area contributed by atoms with Gasteiger partial charge in [-0.3, -0.25) is 9.59 Å². The van der Waals surface area contributed by atoms with Crippen LogP contribution in [0.25, 0.3) is 0 Å². The fraction of sp³-hybridized carbons (Fsp3) is 0.273. The largest absolute Gasteiger partial charge is 0.486 e. The standard InChI is InChI=1S/C11H13NO3/c1-8(13)5-10(14)7-15-11-4-2-3-9(12)6-11/h2-4,6H,5,7,12H2,1H3. The first-order chi connectivity index (χ1) is 7.08. The molecule has 4 heteroatoms. The number of hydrogen-bond acceptors (Lipinski definition) is 4. The molecule has 0 amide bonds. The number of carbonyl (C=O) groups excluding carboxylic acids is 2. The third-order valence-corrected chi connectivity index (χ3v) is 1.70. The van der Waals surface area contributed by atoms with Crippen LogP contribution in [0.5, 0.6) is 5.75 Å². The molecule has 0 unspecified atom stereocenters. The summed E-state index contributed by atoms with van der Waals surface area (Å²) in [6.45, 7) is 1.28. The SMILES string of the molecule is CC(=O)CC(=O)COc1cccc(N)c1. The van der Waals surface area contributed by atoms with Gasteiger partial charge in [-0.2, -0.15) is 0 Å². The zero-order chi connectivity index (χ0) is 11.3. The first-order valence-electron chi connectivity index (χ1n) is 4.57. The summed E-state index contributed by atoms with van der Waals surface area (Å²) < 4.78 is 5.17. The summed E-state index contributed by atoms with van der Waals surface area (Å²) >= 11 is 0. The lowest BCUT2D eigenvalue weighted by Crippen LogP contribution is -2.14. The number of carbonyl (C=O) groups is 2. The second kappa shape index (κ2) is 5.14. The summed E-state index contributed by atoms with van der Waals surface area (Å²) in [4.78, 5) is 21.8. The Morgan fingerprint density at radius 3 is 2.73 bits per heavy atom. The number of ketones is 2. The first-order valence-corrected chi connectivity index (χ1v) is 4.57. The molecule has 15 heavy (non-hydrogen) atoms. The lowest BCUT2D eigenvalue weighted by Gasteiger charge is -2.04. The molecule has 0 radical (unpaired) electrons. The van der Waals surface area contributed by atoms with Crippen molar-refractivity contribution >= 4 is 17.3 Å². The van der Waals surface area contributed by atoms with Gasteiger partial charge in [-0.05, 0) is 19.1 Å². The van der Waals surface area contributed by atoms with E-state index in [1.807, 2.05) is 0 Å². The molecular formula is C11H13NO3. The van der Waals surface area contributed by atoms with Crippen LogP contribution in [-0.2, 0) is 9.59 Å². The molecule has 0 atom stereocenters. The molecule has 0 aliphatic heterocycles. The van der Waals surface area contributed by atoms with Crippen molar-refractivity contribution in [3.63, 3.8) is 0 Å². The van der Waals surface area contributed by atoms with Crippen LogP contribution in [0, 0.1) is 0 Å². The fourth-order valence-electron chi connectivity index (χ4n) is 1.10. The van der Waals surface area contributed by atoms with Crippen molar-refractivity contribution in [3.05, 3.63) is 24.3 Å². The maximum Gasteiger partial charge on any atom is 0.177 e. The molecule has 0 spiro atoms. The van der Waals surface area contributed by atoms with E-state index in [1.54, 1.807) is 24.3 Å². The number of nitrogens with two attached hydrogens (primary N) is 1. The molecule has 0 bridgehead atoms. The van der Waals surface area contributed by atoms with Gasteiger partial charge in [0.05, 0.1) is 6.42 Å². The van der Waals surface area contributed by atoms with Gasteiger partial charge in [0.15, 0.2) is 5.78 Å². The molecular weight excluding hydrogens is 194 g/mol. The summed E-state index contributed by atoms with van der Waals surface area (Å²) in [5.41, 5.74) is 6.10. The molecule has 1 aromatic carbocycles. The molecule has 0 fully saturated rings. The molecule has 0 aliphatic carbocycles. The molecule has 0 saturated heterocycles. The van der Waals surface area contributed by atoms with Gasteiger partial charge in [0.1, 0.15) is 18.1 Å². The highest BCUT2D eigenvalue weighted by atomic mass is 16.5. The third-order valence-electron chi connectivity index (χ3n) is 1.70. The van der Waals surface area contributed by atoms with Crippen LogP contribution in [0.1, 0.15) is 13.3 Å². The quantitative estimate of drug-likeness (QED) is 0.581. The molecule has 0 heterocycles. The predicted octanol–water partition coefficient (Wildman–Crippen LogP) is 1.20. The normalized spacial score (nSPS) is 9.67. The van der Waals surface area contributed by atoms with E-state index in [0.717, 1.165) is 0 Å². The third kappa shape index (κ3) is 4.26. The van der Waals surface area contributed by atoms with Gasteiger partial charge in [0.25, 0.3) is 0 Å². The molecule has 0 saturated carbocycles. The van der Waals surface area contributed by atoms with Crippen molar-refractivity contribution in [2.24, 2.45) is 0 Å². The first kappa shape index (κ1) is 11.2. The highest BCUT2D eigenvalue weighted by Gasteiger charge is 2.06. The Bertz CT molecular complexity index is 374. The number of Topliss-reactive ketones (excluding diaryl/α,β-unsaturated/α-hetero) is 2. The summed E-state index contributed by atoms with van der Waals surface area (Å²) in [5, 5.41) is 0. The van der Waals surface area contributed by atoms with Gasteiger partial charge in [-0.25, -0.2) is 0 Å². The Labute approximate surface area is 88.0 Å². The van der Waals surface area contributed by atoms with E-state index in [4.69, 9.17) is 10.5 Å². The van der Waals surface area contributed by atoms with Gasteiger partial charge in [0, 0.05) is 11.8 Å². The van der Waals surface area contributed by atoms with Crippen LogP contribution in [0.4, 0.5) is 5.69 Å². The number of rotatable bonds is 5. The molecule has 0 aromatic heterocycles. The van der Waals surface area contributed by atoms with Crippen LogP contribution in [0.3, 0.4) is 0 Å². The Morgan fingerprint density at radius 1 is 1.40 bits per heavy atom. The zero-order valence-corrected chi connectivity index (χ0v) is 8.53. The topological polar surface area (TPSA) is 69.4 Å². The predicted molar refractivity (Wildman–Crippen MR) is 56.7 cm³/mol. The molecule has 0 aliphatic rings. The van der Waals surface area contributed by atoms with E-state index in [2.05, 4.69) is 0 Å². The van der Waals surface area contributed by atoms with E-state index >= 15 is 0 Å². The van der Waals surface area contributed by atoms with Crippen LogP contribution in [0.15, 0.2) is 24.3 Å². The van der Waals surface area contributed by atoms with Crippen molar-refractivity contribution in [1.29, 1.82) is 0 Å². The Balaban J connectivity index is 2.43. The number of ether oxygens (including phenoxy) is 1. The maximum atomic E-state index is 11.1. The minimum Gasteiger partial charge on any atom is -0.486 e. The maximum absolute atomic E-state index is 11.1. The second-order valence-corrected chi connectivity index (χ2v) is 3.28. The summed E-state index contributed by atoms with van der Waals surface area (Å²) in [6, 6.07) is 6.79. The van der Waals surface area contributed by atoms with Crippen molar-refractivity contribution in [2.45, 2.75) is 13.3 Å². The fourth-order valence-corrected chi connectivity index (χ4v) is 1.10. The Morgan fingerprint density at radius 2 is 2.13 bits per heavy atom. The van der Waals surface area contributed by atoms with Crippen molar-refractivity contribution in [1.82, 2.24) is 0 Å². The van der Waals surface area contributed by atoms with Gasteiger partial charge in [-0.15, -0.1) is 0 Å². The lowest BCUT2D eigenvalue weighted by molar-refractivity contribution is -0.127. The highest BCUT2D eigenvalue weighted by Crippen LogP contribution is 2.14. The van der Waals surface area contributed by atoms with Crippen LogP contribution in [-0.4, -0.2) is 18.2 Å². The van der Waals surface area contributed by atoms with Gasteiger partial charge >= 0.3 is 0 Å². The average molecular weight is 207 g/mol. The van der Waals surface area contributed by atoms with Crippen molar-refractivity contribution in [3.8, 4) is 5.75 Å². The minimum absolute atomic E-state index is 0.0810. The van der Waals surface area contributed by atoms with Crippen LogP contribution in [0.2, 0.25) is 0 Å². The smallest absolute Gasteiger partial charge is 0.177 e. The Kier molecular flexibility index (Phi) is 3.85. The van der Waals surface area contributed by atoms with E-state index in [-0.39, 0.29) is 24.6 Å². The van der Waals surface area contributed by atoms with Crippen molar-refractivity contribution < 1.29 is 14.3 Å². The molecule has 80 valence electrons. The summed E-state index contributed by atoms with van der Waals surface area (Å²) in [6.07, 6.45) is -0.0810. The summed E-state index contributed by atoms with van der Waals surface area (Å²) in [7, 11) is 0. The number of nitrogen functional groups attached to an aromatic ring is 1. The van der Waals surface area contributed by atoms with E-state index < -0.39 is 0 Å². The highest BCUT2D eigenvalue weighted by molar-refractivity contribution is 5.98. The average Bonchev–Trinajstić information content (AvgIpc) is 2.14. The van der Waals surface area contributed by atoms with Crippen LogP contribution >= 0.6 is 0 Å². The van der Waals surface area contributed by atoms with Crippen molar-refractivity contribution in [2.75, 3.05) is 12.3 Å². The van der Waals surface area contributed by atoms with E-state index in [9.17, 15) is 9.59 Å². The van der Waals surface area contributed by atoms with Gasteiger partial charge in [-0.1, -0.05) is 6.07 Å². The van der Waals surface area contributed by atoms with E-state index in [0.29, 0.717) is 11.4 Å². The molecule has 4 nitrogen and oxygen atoms in total. The molecule has 2 N–H and O–H groups in total. The number of benzene rings is 1. The zero-order valence-electron chi connectivity index (χ0n) is 8.53. The van der Waals surface area contributed by atoms with E-state index in [1.165, 1.54) is 6.92 Å². The number of hydrogen-bond donors (Lipinski definition) is 1. The summed E-state index contributed by atoms with van der Waals surface area (Å²) in [5.74, 6) is 0.146. The number of anilines is 1. The molecule has 1 rings (SSSR count). The lowest BCUT2D eigenvalue weighted by atomic mass is 10.2. The monoisotopic (exact) mass is 207 g/mol. The van der Waals surface area contributed by atoms with Gasteiger partial charge < -0.3 is 10.5 Å².